The predicted octanol–water partition coefficient (Wildman–Crippen LogP) is 8.92. The normalized spacial score (nSPS) is 20.3. The topological polar surface area (TPSA) is 195 Å². The maximum Gasteiger partial charge on any atom is 0.407 e. The molecule has 15 nitrogen and oxygen atoms in total. The third kappa shape index (κ3) is 9.19. The Kier molecular flexibility index (Phi) is 13.1. The molecular formula is C48H61N8O7. The molecular weight excluding hydrogens is 801 g/mol. The molecule has 15 heteroatoms. The van der Waals surface area contributed by atoms with E-state index in [9.17, 15) is 24.3 Å². The first kappa shape index (κ1) is 44.9. The van der Waals surface area contributed by atoms with Crippen molar-refractivity contribution < 1.29 is 33.8 Å². The summed E-state index contributed by atoms with van der Waals surface area (Å²) < 4.78 is 11.2. The molecule has 3 aromatic carbocycles. The molecule has 63 heavy (non-hydrogen) atoms. The van der Waals surface area contributed by atoms with Crippen LogP contribution in [0.25, 0.3) is 44.2 Å². The van der Waals surface area contributed by atoms with Gasteiger partial charge in [-0.1, -0.05) is 73.6 Å². The molecule has 4 amide bonds. The Labute approximate surface area is 368 Å². The maximum absolute atomic E-state index is 13.9. The number of benzene rings is 3. The molecule has 0 saturated carbocycles. The number of methoxy groups -OCH3 is 1. The van der Waals surface area contributed by atoms with Crippen molar-refractivity contribution in [1.29, 1.82) is 0 Å². The lowest BCUT2D eigenvalue weighted by Gasteiger charge is -2.32. The van der Waals surface area contributed by atoms with Crippen molar-refractivity contribution in [2.45, 2.75) is 118 Å². The van der Waals surface area contributed by atoms with Crippen LogP contribution in [0.2, 0.25) is 0 Å². The van der Waals surface area contributed by atoms with Gasteiger partial charge >= 0.3 is 12.2 Å². The largest absolute Gasteiger partial charge is 0.488 e. The second-order valence-electron chi connectivity index (χ2n) is 18.6. The number of H-pyrrole nitrogens is 2. The summed E-state index contributed by atoms with van der Waals surface area (Å²) in [7, 11) is 1.29. The van der Waals surface area contributed by atoms with Gasteiger partial charge in [0.1, 0.15) is 36.1 Å². The number of rotatable bonds is 9. The average molecular weight is 862 g/mol. The summed E-state index contributed by atoms with van der Waals surface area (Å²) in [5.41, 5.74) is 6.51. The summed E-state index contributed by atoms with van der Waals surface area (Å²) >= 11 is 0. The van der Waals surface area contributed by atoms with E-state index in [0.29, 0.717) is 24.8 Å². The molecule has 2 fully saturated rings. The van der Waals surface area contributed by atoms with E-state index in [2.05, 4.69) is 84.7 Å². The molecule has 0 spiro atoms. The van der Waals surface area contributed by atoms with Crippen molar-refractivity contribution in [2.75, 3.05) is 13.7 Å². The second kappa shape index (κ2) is 18.3. The van der Waals surface area contributed by atoms with Gasteiger partial charge in [0.05, 0.1) is 42.1 Å². The van der Waals surface area contributed by atoms with Gasteiger partial charge in [-0.3, -0.25) is 9.59 Å². The number of fused-ring (bicyclic) bond motifs is 6. The number of aromatic nitrogens is 4. The number of nitrogens with one attached hydrogen (secondary N) is 4. The standard InChI is InChI=1S/C44H52N8O7.C4H9/c1-21(2)36(50-44(57)58-7)41(53)51-19-23(5)14-34(51)40-46-31-12-10-25-16-30-28-11-9-26(15-27(28)20-59-35(30)17-29(25)38(31)48-40)32-18-45-39(47-32)33-13-8-24(6)52(33)42(54)37(22(3)4)49-43(55)56;1-4(2)3/h9-12,15-18,21-24,33-34,36-37,49H,8,13-14,19-20H2,1-7H3,(H,45,47)(H,46,48)(H,50,57)(H,55,56);1-3H3/t23-,24-,33-,34-,36-,37-;/m0./s1. The molecule has 5 aromatic rings. The number of hydrogen-bond acceptors (Lipinski definition) is 8. The van der Waals surface area contributed by atoms with E-state index in [-0.39, 0.29) is 47.7 Å². The van der Waals surface area contributed by atoms with E-state index in [0.717, 1.165) is 74.8 Å². The lowest BCUT2D eigenvalue weighted by atomic mass is 9.92. The van der Waals surface area contributed by atoms with Crippen molar-refractivity contribution in [3.8, 4) is 28.1 Å². The van der Waals surface area contributed by atoms with Gasteiger partial charge in [-0.2, -0.15) is 0 Å². The van der Waals surface area contributed by atoms with Crippen LogP contribution in [0.3, 0.4) is 0 Å². The van der Waals surface area contributed by atoms with E-state index in [1.165, 1.54) is 13.0 Å². The number of hydrogen-bond donors (Lipinski definition) is 5. The fourth-order valence-corrected chi connectivity index (χ4v) is 9.15. The van der Waals surface area contributed by atoms with Gasteiger partial charge in [0.25, 0.3) is 0 Å². The summed E-state index contributed by atoms with van der Waals surface area (Å²) in [5.74, 6) is 3.07. The minimum absolute atomic E-state index is 0.0562. The van der Waals surface area contributed by atoms with Gasteiger partial charge in [0, 0.05) is 23.5 Å². The SMILES string of the molecule is COC(=O)N[C@H](C(=O)N1C[C@@H](C)C[C@H]1c1nc2ccc3cc4c(cc3c2[nH]1)OCc1cc(-c2cnc([C@@H]3CC[C@H](C)N3C(=O)[C@@H](NC(=O)O)C(C)C)[nH]2)ccc1-4)C(C)C.C[C](C)C. The summed E-state index contributed by atoms with van der Waals surface area (Å²) in [6.45, 7) is 18.8. The van der Waals surface area contributed by atoms with Crippen molar-refractivity contribution in [3.05, 3.63) is 71.8 Å². The maximum atomic E-state index is 13.9. The highest BCUT2D eigenvalue weighted by Crippen LogP contribution is 2.44. The van der Waals surface area contributed by atoms with Crippen LogP contribution in [0, 0.1) is 23.7 Å². The highest BCUT2D eigenvalue weighted by molar-refractivity contribution is 6.07. The third-order valence-electron chi connectivity index (χ3n) is 12.2. The molecule has 3 aliphatic rings. The van der Waals surface area contributed by atoms with Crippen LogP contribution < -0.4 is 15.4 Å². The Balaban J connectivity index is 0.00000143. The first-order valence-corrected chi connectivity index (χ1v) is 22.0. The Morgan fingerprint density at radius 2 is 1.59 bits per heavy atom. The Morgan fingerprint density at radius 3 is 2.27 bits per heavy atom. The van der Waals surface area contributed by atoms with Gasteiger partial charge in [-0.15, -0.1) is 0 Å². The summed E-state index contributed by atoms with van der Waals surface area (Å²) in [6.07, 6.45) is 2.19. The number of carbonyl (C=O) groups excluding carboxylic acids is 3. The summed E-state index contributed by atoms with van der Waals surface area (Å²) in [5, 5.41) is 16.5. The third-order valence-corrected chi connectivity index (χ3v) is 12.2. The number of amides is 4. The monoisotopic (exact) mass is 861 g/mol. The molecule has 0 aliphatic carbocycles. The minimum Gasteiger partial charge on any atom is -0.488 e. The first-order chi connectivity index (χ1) is 29.9. The van der Waals surface area contributed by atoms with Gasteiger partial charge in [0.15, 0.2) is 0 Å². The zero-order valence-corrected chi connectivity index (χ0v) is 38.0. The Bertz CT molecular complexity index is 2510. The molecule has 1 radical (unpaired) electrons. The van der Waals surface area contributed by atoms with E-state index in [1.807, 2.05) is 45.6 Å². The van der Waals surface area contributed by atoms with Gasteiger partial charge < -0.3 is 45.0 Å². The lowest BCUT2D eigenvalue weighted by Crippen LogP contribution is -2.52. The molecule has 2 aromatic heterocycles. The highest BCUT2D eigenvalue weighted by atomic mass is 16.5. The van der Waals surface area contributed by atoms with E-state index in [4.69, 9.17) is 19.4 Å². The van der Waals surface area contributed by atoms with Crippen molar-refractivity contribution in [1.82, 2.24) is 40.4 Å². The smallest absolute Gasteiger partial charge is 0.407 e. The molecule has 0 bridgehead atoms. The first-order valence-electron chi connectivity index (χ1n) is 22.0. The van der Waals surface area contributed by atoms with Crippen molar-refractivity contribution in [2.24, 2.45) is 17.8 Å². The van der Waals surface area contributed by atoms with Gasteiger partial charge in [0.2, 0.25) is 11.8 Å². The number of aromatic amines is 2. The van der Waals surface area contributed by atoms with Crippen LogP contribution in [-0.4, -0.2) is 90.6 Å². The number of ether oxygens (including phenoxy) is 2. The molecule has 3 aliphatic heterocycles. The van der Waals surface area contributed by atoms with Crippen LogP contribution in [-0.2, 0) is 20.9 Å². The summed E-state index contributed by atoms with van der Waals surface area (Å²) in [6, 6.07) is 12.3. The van der Waals surface area contributed by atoms with Gasteiger partial charge in [-0.05, 0) is 96.2 Å². The molecule has 2 saturated heterocycles. The lowest BCUT2D eigenvalue weighted by molar-refractivity contribution is -0.137. The Morgan fingerprint density at radius 1 is 0.873 bits per heavy atom. The number of carbonyl (C=O) groups is 4. The van der Waals surface area contributed by atoms with E-state index in [1.54, 1.807) is 11.1 Å². The van der Waals surface area contributed by atoms with E-state index >= 15 is 0 Å². The van der Waals surface area contributed by atoms with Crippen LogP contribution >= 0.6 is 0 Å². The molecule has 6 atom stereocenters. The predicted molar refractivity (Wildman–Crippen MR) is 242 cm³/mol. The van der Waals surface area contributed by atoms with Crippen LogP contribution in [0.15, 0.2) is 48.7 Å². The number of likely N-dealkylation sites (tertiary alicyclic amines) is 2. The molecule has 5 heterocycles. The fraction of sp³-hybridized carbons (Fsp3) is 0.479. The molecule has 335 valence electrons. The Hall–Kier alpha value is -6.12. The van der Waals surface area contributed by atoms with Crippen LogP contribution in [0.4, 0.5) is 9.59 Å². The van der Waals surface area contributed by atoms with Crippen molar-refractivity contribution >= 4 is 45.8 Å². The number of alkyl carbamates (subject to hydrolysis) is 1. The number of nitrogens with zero attached hydrogens (tertiary/aromatic N) is 4. The fourth-order valence-electron chi connectivity index (χ4n) is 9.15. The second-order valence-corrected chi connectivity index (χ2v) is 18.6. The molecule has 0 unspecified atom stereocenters. The molecule has 8 rings (SSSR count). The zero-order valence-electron chi connectivity index (χ0n) is 38.0. The summed E-state index contributed by atoms with van der Waals surface area (Å²) in [4.78, 5) is 71.6. The van der Waals surface area contributed by atoms with Crippen molar-refractivity contribution in [3.63, 3.8) is 0 Å². The van der Waals surface area contributed by atoms with Gasteiger partial charge in [-0.25, -0.2) is 19.6 Å². The van der Waals surface area contributed by atoms with Crippen LogP contribution in [0.1, 0.15) is 111 Å². The van der Waals surface area contributed by atoms with Crippen LogP contribution in [0.5, 0.6) is 5.75 Å². The molecule has 5 N–H and O–H groups in total. The average Bonchev–Trinajstić information content (AvgIpc) is 4.05. The number of carboxylic acid groups (broad SMARTS) is 1. The van der Waals surface area contributed by atoms with E-state index < -0.39 is 24.3 Å². The highest BCUT2D eigenvalue weighted by Gasteiger charge is 2.42. The minimum atomic E-state index is -1.22. The number of imidazole rings is 2. The zero-order chi connectivity index (χ0) is 45.4. The quantitative estimate of drug-likeness (QED) is 0.0962.